The Morgan fingerprint density at radius 3 is 2.79 bits per heavy atom. The SMILES string of the molecule is Cc1cc(C(=O)Nc2ccsc2C(=O)O)nc(Cl)n1. The van der Waals surface area contributed by atoms with Crippen molar-refractivity contribution < 1.29 is 14.7 Å². The lowest BCUT2D eigenvalue weighted by molar-refractivity contribution is 0.0703. The summed E-state index contributed by atoms with van der Waals surface area (Å²) in [7, 11) is 0. The van der Waals surface area contributed by atoms with Gasteiger partial charge in [0.1, 0.15) is 10.6 Å². The normalized spacial score (nSPS) is 10.2. The molecule has 2 aromatic rings. The number of hydrogen-bond acceptors (Lipinski definition) is 5. The number of carboxylic acid groups (broad SMARTS) is 1. The van der Waals surface area contributed by atoms with Crippen LogP contribution in [0.25, 0.3) is 0 Å². The average molecular weight is 298 g/mol. The van der Waals surface area contributed by atoms with Crippen molar-refractivity contribution in [3.8, 4) is 0 Å². The van der Waals surface area contributed by atoms with E-state index in [4.69, 9.17) is 16.7 Å². The number of aryl methyl sites for hydroxylation is 1. The van der Waals surface area contributed by atoms with Crippen molar-refractivity contribution >= 4 is 40.5 Å². The number of aromatic nitrogens is 2. The quantitative estimate of drug-likeness (QED) is 0.849. The van der Waals surface area contributed by atoms with Crippen LogP contribution in [-0.4, -0.2) is 27.0 Å². The molecule has 2 N–H and O–H groups in total. The number of amides is 1. The Labute approximate surface area is 117 Å². The third kappa shape index (κ3) is 3.07. The number of aromatic carboxylic acids is 1. The Bertz CT molecular complexity index is 636. The standard InChI is InChI=1S/C11H8ClN3O3S/c1-5-4-7(15-11(12)13-5)9(16)14-6-2-3-19-8(6)10(17)18/h2-4H,1H3,(H,14,16)(H,17,18). The molecule has 0 saturated heterocycles. The summed E-state index contributed by atoms with van der Waals surface area (Å²) in [6.07, 6.45) is 0. The van der Waals surface area contributed by atoms with Gasteiger partial charge in [-0.25, -0.2) is 14.8 Å². The van der Waals surface area contributed by atoms with E-state index in [2.05, 4.69) is 15.3 Å². The van der Waals surface area contributed by atoms with Crippen molar-refractivity contribution in [3.05, 3.63) is 39.1 Å². The number of carbonyl (C=O) groups excluding carboxylic acids is 1. The second kappa shape index (κ2) is 5.33. The average Bonchev–Trinajstić information content (AvgIpc) is 2.75. The van der Waals surface area contributed by atoms with Crippen molar-refractivity contribution in [2.45, 2.75) is 6.92 Å². The number of anilines is 1. The number of rotatable bonds is 3. The van der Waals surface area contributed by atoms with E-state index in [1.807, 2.05) is 0 Å². The Balaban J connectivity index is 2.25. The topological polar surface area (TPSA) is 92.2 Å². The number of nitrogens with one attached hydrogen (secondary N) is 1. The molecule has 98 valence electrons. The summed E-state index contributed by atoms with van der Waals surface area (Å²) in [5.41, 5.74) is 0.865. The minimum Gasteiger partial charge on any atom is -0.477 e. The minimum atomic E-state index is -1.10. The molecule has 0 spiro atoms. The molecular formula is C11H8ClN3O3S. The molecule has 0 bridgehead atoms. The Morgan fingerprint density at radius 1 is 1.42 bits per heavy atom. The lowest BCUT2D eigenvalue weighted by Gasteiger charge is -2.04. The molecule has 0 fully saturated rings. The van der Waals surface area contributed by atoms with Crippen LogP contribution >= 0.6 is 22.9 Å². The molecular weight excluding hydrogens is 290 g/mol. The first-order chi connectivity index (χ1) is 8.97. The van der Waals surface area contributed by atoms with Crippen LogP contribution in [0.1, 0.15) is 25.9 Å². The van der Waals surface area contributed by atoms with Gasteiger partial charge in [0.25, 0.3) is 5.91 Å². The van der Waals surface area contributed by atoms with Gasteiger partial charge in [0.2, 0.25) is 5.28 Å². The molecule has 0 unspecified atom stereocenters. The van der Waals surface area contributed by atoms with E-state index in [0.29, 0.717) is 5.69 Å². The van der Waals surface area contributed by atoms with Crippen LogP contribution in [0.2, 0.25) is 5.28 Å². The Hall–Kier alpha value is -1.99. The lowest BCUT2D eigenvalue weighted by atomic mass is 10.3. The summed E-state index contributed by atoms with van der Waals surface area (Å²) in [4.78, 5) is 30.6. The summed E-state index contributed by atoms with van der Waals surface area (Å²) in [5.74, 6) is -1.63. The molecule has 0 aliphatic carbocycles. The van der Waals surface area contributed by atoms with Crippen LogP contribution in [-0.2, 0) is 0 Å². The van der Waals surface area contributed by atoms with Crippen LogP contribution in [0.15, 0.2) is 17.5 Å². The zero-order chi connectivity index (χ0) is 14.0. The van der Waals surface area contributed by atoms with Crippen LogP contribution in [0.5, 0.6) is 0 Å². The maximum atomic E-state index is 11.9. The summed E-state index contributed by atoms with van der Waals surface area (Å²) < 4.78 is 0. The second-order valence-corrected chi connectivity index (χ2v) is 4.84. The minimum absolute atomic E-state index is 0.0334. The van der Waals surface area contributed by atoms with E-state index >= 15 is 0 Å². The van der Waals surface area contributed by atoms with Gasteiger partial charge in [-0.3, -0.25) is 4.79 Å². The predicted molar refractivity (Wildman–Crippen MR) is 71.0 cm³/mol. The number of thiophene rings is 1. The molecule has 1 amide bonds. The fraction of sp³-hybridized carbons (Fsp3) is 0.0909. The predicted octanol–water partition coefficient (Wildman–Crippen LogP) is 2.45. The van der Waals surface area contributed by atoms with Gasteiger partial charge in [0, 0.05) is 5.69 Å². The first kappa shape index (κ1) is 13.4. The highest BCUT2D eigenvalue weighted by atomic mass is 35.5. The van der Waals surface area contributed by atoms with Gasteiger partial charge in [0.05, 0.1) is 5.69 Å². The molecule has 2 rings (SSSR count). The summed E-state index contributed by atoms with van der Waals surface area (Å²) in [5, 5.41) is 13.0. The summed E-state index contributed by atoms with van der Waals surface area (Å²) in [6, 6.07) is 2.98. The van der Waals surface area contributed by atoms with Gasteiger partial charge in [-0.15, -0.1) is 11.3 Å². The molecule has 0 saturated carbocycles. The number of carboxylic acids is 1. The largest absolute Gasteiger partial charge is 0.477 e. The molecule has 0 atom stereocenters. The third-order valence-electron chi connectivity index (χ3n) is 2.17. The van der Waals surface area contributed by atoms with Gasteiger partial charge >= 0.3 is 5.97 Å². The van der Waals surface area contributed by atoms with E-state index in [0.717, 1.165) is 11.3 Å². The van der Waals surface area contributed by atoms with E-state index in [9.17, 15) is 9.59 Å². The van der Waals surface area contributed by atoms with Gasteiger partial charge in [0.15, 0.2) is 0 Å². The Morgan fingerprint density at radius 2 is 2.16 bits per heavy atom. The molecule has 2 heterocycles. The molecule has 2 aromatic heterocycles. The molecule has 0 aromatic carbocycles. The van der Waals surface area contributed by atoms with Crippen LogP contribution < -0.4 is 5.32 Å². The molecule has 0 aliphatic heterocycles. The highest BCUT2D eigenvalue weighted by molar-refractivity contribution is 7.12. The van der Waals surface area contributed by atoms with Gasteiger partial charge in [-0.2, -0.15) is 0 Å². The van der Waals surface area contributed by atoms with Gasteiger partial charge in [-0.1, -0.05) is 0 Å². The summed E-state index contributed by atoms with van der Waals surface area (Å²) in [6.45, 7) is 1.68. The van der Waals surface area contributed by atoms with Gasteiger partial charge < -0.3 is 10.4 Å². The zero-order valence-corrected chi connectivity index (χ0v) is 11.2. The lowest BCUT2D eigenvalue weighted by Crippen LogP contribution is -2.15. The van der Waals surface area contributed by atoms with Gasteiger partial charge in [-0.05, 0) is 36.0 Å². The van der Waals surface area contributed by atoms with Crippen molar-refractivity contribution in [3.63, 3.8) is 0 Å². The van der Waals surface area contributed by atoms with Crippen molar-refractivity contribution in [1.29, 1.82) is 0 Å². The third-order valence-corrected chi connectivity index (χ3v) is 3.24. The van der Waals surface area contributed by atoms with Crippen molar-refractivity contribution in [2.75, 3.05) is 5.32 Å². The zero-order valence-electron chi connectivity index (χ0n) is 9.68. The molecule has 8 heteroatoms. The highest BCUT2D eigenvalue weighted by Gasteiger charge is 2.16. The first-order valence-electron chi connectivity index (χ1n) is 5.10. The maximum absolute atomic E-state index is 11.9. The number of nitrogens with zero attached hydrogens (tertiary/aromatic N) is 2. The van der Waals surface area contributed by atoms with Crippen LogP contribution in [0, 0.1) is 6.92 Å². The Kier molecular flexibility index (Phi) is 3.77. The first-order valence-corrected chi connectivity index (χ1v) is 6.36. The monoisotopic (exact) mass is 297 g/mol. The number of hydrogen-bond donors (Lipinski definition) is 2. The second-order valence-electron chi connectivity index (χ2n) is 3.59. The maximum Gasteiger partial charge on any atom is 0.348 e. The van der Waals surface area contributed by atoms with E-state index < -0.39 is 11.9 Å². The molecule has 6 nitrogen and oxygen atoms in total. The van der Waals surface area contributed by atoms with Crippen LogP contribution in [0.4, 0.5) is 5.69 Å². The fourth-order valence-corrected chi connectivity index (χ4v) is 2.32. The molecule has 19 heavy (non-hydrogen) atoms. The van der Waals surface area contributed by atoms with Crippen molar-refractivity contribution in [1.82, 2.24) is 9.97 Å². The van der Waals surface area contributed by atoms with E-state index in [1.165, 1.54) is 12.1 Å². The van der Waals surface area contributed by atoms with Crippen LogP contribution in [0.3, 0.4) is 0 Å². The molecule has 0 aliphatic rings. The van der Waals surface area contributed by atoms with E-state index in [-0.39, 0.29) is 21.5 Å². The fourth-order valence-electron chi connectivity index (χ4n) is 1.41. The number of halogens is 1. The summed E-state index contributed by atoms with van der Waals surface area (Å²) >= 11 is 6.69. The number of carbonyl (C=O) groups is 2. The smallest absolute Gasteiger partial charge is 0.348 e. The van der Waals surface area contributed by atoms with E-state index in [1.54, 1.807) is 12.3 Å². The molecule has 0 radical (unpaired) electrons. The highest BCUT2D eigenvalue weighted by Crippen LogP contribution is 2.22. The van der Waals surface area contributed by atoms with Crippen molar-refractivity contribution in [2.24, 2.45) is 0 Å².